The first kappa shape index (κ1) is 13.3. The molecule has 0 saturated heterocycles. The fourth-order valence-corrected chi connectivity index (χ4v) is 2.36. The number of amides is 1. The van der Waals surface area contributed by atoms with Gasteiger partial charge in [0.1, 0.15) is 0 Å². The lowest BCUT2D eigenvalue weighted by molar-refractivity contribution is -0.114. The molecule has 0 aromatic heterocycles. The van der Waals surface area contributed by atoms with Gasteiger partial charge in [0.25, 0.3) is 11.7 Å². The van der Waals surface area contributed by atoms with Crippen molar-refractivity contribution in [1.29, 1.82) is 0 Å². The molecular formula is C12H12Cl2N2O2. The van der Waals surface area contributed by atoms with Crippen molar-refractivity contribution in [3.05, 3.63) is 27.7 Å². The van der Waals surface area contributed by atoms with E-state index in [1.54, 1.807) is 6.07 Å². The number of anilines is 1. The van der Waals surface area contributed by atoms with Gasteiger partial charge in [-0.2, -0.15) is 0 Å². The lowest BCUT2D eigenvalue weighted by atomic mass is 10.1. The molecule has 0 radical (unpaired) electrons. The Kier molecular flexibility index (Phi) is 3.61. The highest BCUT2D eigenvalue weighted by molar-refractivity contribution is 6.56. The maximum atomic E-state index is 11.9. The zero-order valence-corrected chi connectivity index (χ0v) is 11.5. The third-order valence-corrected chi connectivity index (χ3v) is 3.41. The highest BCUT2D eigenvalue weighted by Gasteiger charge is 2.38. The molecule has 1 heterocycles. The van der Waals surface area contributed by atoms with E-state index in [4.69, 9.17) is 23.2 Å². The van der Waals surface area contributed by atoms with Crippen LogP contribution in [0.3, 0.4) is 0 Å². The summed E-state index contributed by atoms with van der Waals surface area (Å²) in [7, 11) is 3.78. The maximum absolute atomic E-state index is 11.9. The minimum atomic E-state index is -0.587. The van der Waals surface area contributed by atoms with E-state index in [-0.39, 0.29) is 10.6 Å². The summed E-state index contributed by atoms with van der Waals surface area (Å²) >= 11 is 12.0. The second-order valence-corrected chi connectivity index (χ2v) is 5.16. The van der Waals surface area contributed by atoms with Gasteiger partial charge in [0.05, 0.1) is 21.3 Å². The van der Waals surface area contributed by atoms with Gasteiger partial charge in [-0.15, -0.1) is 0 Å². The van der Waals surface area contributed by atoms with Crippen LogP contribution < -0.4 is 4.90 Å². The van der Waals surface area contributed by atoms with Crippen LogP contribution in [-0.2, 0) is 4.79 Å². The number of ketones is 1. The first-order valence-corrected chi connectivity index (χ1v) is 6.18. The van der Waals surface area contributed by atoms with Crippen molar-refractivity contribution < 1.29 is 9.59 Å². The molecule has 0 aliphatic carbocycles. The van der Waals surface area contributed by atoms with Crippen LogP contribution in [0.4, 0.5) is 5.69 Å². The van der Waals surface area contributed by atoms with E-state index in [1.165, 1.54) is 11.0 Å². The summed E-state index contributed by atoms with van der Waals surface area (Å²) < 4.78 is 0. The third kappa shape index (κ3) is 2.11. The molecule has 1 aliphatic rings. The molecule has 0 unspecified atom stereocenters. The molecule has 6 heteroatoms. The molecule has 0 spiro atoms. The molecule has 0 saturated carbocycles. The fourth-order valence-electron chi connectivity index (χ4n) is 1.87. The number of rotatable bonds is 3. The number of carbonyl (C=O) groups is 2. The molecular weight excluding hydrogens is 275 g/mol. The highest BCUT2D eigenvalue weighted by atomic mass is 35.5. The first-order chi connectivity index (χ1) is 8.43. The lowest BCUT2D eigenvalue weighted by Gasteiger charge is -2.20. The van der Waals surface area contributed by atoms with Crippen molar-refractivity contribution in [1.82, 2.24) is 4.90 Å². The van der Waals surface area contributed by atoms with Gasteiger partial charge < -0.3 is 9.80 Å². The molecule has 0 atom stereocenters. The van der Waals surface area contributed by atoms with Crippen LogP contribution in [0.1, 0.15) is 10.4 Å². The Morgan fingerprint density at radius 3 is 2.39 bits per heavy atom. The maximum Gasteiger partial charge on any atom is 0.299 e. The van der Waals surface area contributed by atoms with Gasteiger partial charge >= 0.3 is 0 Å². The van der Waals surface area contributed by atoms with E-state index >= 15 is 0 Å². The summed E-state index contributed by atoms with van der Waals surface area (Å²) in [4.78, 5) is 27.1. The number of hydrogen-bond donors (Lipinski definition) is 0. The Morgan fingerprint density at radius 1 is 1.17 bits per heavy atom. The van der Waals surface area contributed by atoms with Crippen molar-refractivity contribution in [2.24, 2.45) is 0 Å². The number of hydrogen-bond acceptors (Lipinski definition) is 3. The number of nitrogens with zero attached hydrogens (tertiary/aromatic N) is 2. The van der Waals surface area contributed by atoms with Crippen molar-refractivity contribution >= 4 is 40.6 Å². The summed E-state index contributed by atoms with van der Waals surface area (Å²) in [6.45, 7) is 1.05. The van der Waals surface area contributed by atoms with Gasteiger partial charge in [0.2, 0.25) is 0 Å². The SMILES string of the molecule is CN(C)CCN1C(=O)C(=O)c2c(Cl)ccc(Cl)c21. The van der Waals surface area contributed by atoms with Gasteiger partial charge in [0, 0.05) is 13.1 Å². The molecule has 2 rings (SSSR count). The van der Waals surface area contributed by atoms with Crippen LogP contribution in [0.2, 0.25) is 10.0 Å². The predicted octanol–water partition coefficient (Wildman–Crippen LogP) is 2.08. The van der Waals surface area contributed by atoms with Gasteiger partial charge in [-0.3, -0.25) is 9.59 Å². The van der Waals surface area contributed by atoms with Crippen LogP contribution in [0, 0.1) is 0 Å². The zero-order chi connectivity index (χ0) is 13.4. The topological polar surface area (TPSA) is 40.6 Å². The normalized spacial score (nSPS) is 14.6. The smallest absolute Gasteiger partial charge is 0.299 e. The number of carbonyl (C=O) groups excluding carboxylic acids is 2. The van der Waals surface area contributed by atoms with Crippen molar-refractivity contribution in [2.45, 2.75) is 0 Å². The molecule has 0 N–H and O–H groups in total. The van der Waals surface area contributed by atoms with Crippen LogP contribution in [0.15, 0.2) is 12.1 Å². The van der Waals surface area contributed by atoms with Crippen molar-refractivity contribution in [3.8, 4) is 0 Å². The summed E-state index contributed by atoms with van der Waals surface area (Å²) in [5.74, 6) is -1.15. The highest BCUT2D eigenvalue weighted by Crippen LogP contribution is 2.39. The zero-order valence-electron chi connectivity index (χ0n) is 10.0. The second-order valence-electron chi connectivity index (χ2n) is 4.34. The van der Waals surface area contributed by atoms with Gasteiger partial charge in [0.15, 0.2) is 0 Å². The number of benzene rings is 1. The summed E-state index contributed by atoms with van der Waals surface area (Å²) in [5, 5.41) is 0.632. The van der Waals surface area contributed by atoms with Gasteiger partial charge in [-0.05, 0) is 26.2 Å². The molecule has 18 heavy (non-hydrogen) atoms. The van der Waals surface area contributed by atoms with Crippen LogP contribution in [-0.4, -0.2) is 43.8 Å². The van der Waals surface area contributed by atoms with Crippen LogP contribution >= 0.6 is 23.2 Å². The van der Waals surface area contributed by atoms with Gasteiger partial charge in [-0.1, -0.05) is 23.2 Å². The van der Waals surface area contributed by atoms with E-state index in [9.17, 15) is 9.59 Å². The standard InChI is InChI=1S/C12H12Cl2N2O2/c1-15(2)5-6-16-10-8(14)4-3-7(13)9(10)11(17)12(16)18/h3-4H,5-6H2,1-2H3. The molecule has 0 fully saturated rings. The van der Waals surface area contributed by atoms with E-state index in [1.807, 2.05) is 19.0 Å². The lowest BCUT2D eigenvalue weighted by Crippen LogP contribution is -2.35. The number of halogens is 2. The predicted molar refractivity (Wildman–Crippen MR) is 71.7 cm³/mol. The summed E-state index contributed by atoms with van der Waals surface area (Å²) in [6.07, 6.45) is 0. The molecule has 1 aromatic carbocycles. The number of Topliss-reactive ketones (excluding diaryl/α,β-unsaturated/α-hetero) is 1. The first-order valence-electron chi connectivity index (χ1n) is 5.42. The van der Waals surface area contributed by atoms with E-state index in [0.717, 1.165) is 0 Å². The fraction of sp³-hybridized carbons (Fsp3) is 0.333. The number of likely N-dealkylation sites (N-methyl/N-ethyl adjacent to an activating group) is 1. The average molecular weight is 287 g/mol. The molecule has 1 aromatic rings. The van der Waals surface area contributed by atoms with Crippen molar-refractivity contribution in [2.75, 3.05) is 32.1 Å². The van der Waals surface area contributed by atoms with Gasteiger partial charge in [-0.25, -0.2) is 0 Å². The molecule has 4 nitrogen and oxygen atoms in total. The number of fused-ring (bicyclic) bond motifs is 1. The second kappa shape index (κ2) is 4.88. The van der Waals surface area contributed by atoms with E-state index < -0.39 is 11.7 Å². The molecule has 0 bridgehead atoms. The van der Waals surface area contributed by atoms with Crippen LogP contribution in [0.5, 0.6) is 0 Å². The minimum absolute atomic E-state index is 0.216. The Labute approximate surface area is 115 Å². The minimum Gasteiger partial charge on any atom is -0.308 e. The molecule has 1 amide bonds. The quantitative estimate of drug-likeness (QED) is 0.799. The monoisotopic (exact) mass is 286 g/mol. The Morgan fingerprint density at radius 2 is 1.78 bits per heavy atom. The third-order valence-electron chi connectivity index (χ3n) is 2.79. The largest absolute Gasteiger partial charge is 0.308 e. The van der Waals surface area contributed by atoms with E-state index in [0.29, 0.717) is 23.8 Å². The Balaban J connectivity index is 2.45. The summed E-state index contributed by atoms with van der Waals surface area (Å²) in [6, 6.07) is 3.13. The molecule has 1 aliphatic heterocycles. The summed E-state index contributed by atoms with van der Waals surface area (Å²) in [5.41, 5.74) is 0.647. The molecule has 96 valence electrons. The average Bonchev–Trinajstić information content (AvgIpc) is 2.56. The van der Waals surface area contributed by atoms with Crippen molar-refractivity contribution in [3.63, 3.8) is 0 Å². The van der Waals surface area contributed by atoms with Crippen LogP contribution in [0.25, 0.3) is 0 Å². The Hall–Kier alpha value is -1.10. The van der Waals surface area contributed by atoms with E-state index in [2.05, 4.69) is 0 Å². The Bertz CT molecular complexity index is 529.